The number of rotatable bonds is 9. The second-order valence-corrected chi connectivity index (χ2v) is 9.10. The topological polar surface area (TPSA) is 47.0 Å². The van der Waals surface area contributed by atoms with E-state index in [9.17, 15) is 0 Å². The molecule has 0 saturated heterocycles. The number of hydrogen-bond donors (Lipinski definition) is 1. The molecule has 2 heterocycles. The van der Waals surface area contributed by atoms with Gasteiger partial charge in [0, 0.05) is 22.2 Å². The standard InChI is InChI=1S/C16H15Cl2N3OS3/c17-11-3-4-14(13(18)10-11)22-7-9-24-16-21-20-15(25-16)19-6-5-12-2-1-8-23-12/h1-4,8,10H,5-7,9H2,(H,19,20). The predicted molar refractivity (Wildman–Crippen MR) is 109 cm³/mol. The molecule has 25 heavy (non-hydrogen) atoms. The van der Waals surface area contributed by atoms with Gasteiger partial charge in [-0.1, -0.05) is 52.4 Å². The number of hydrogen-bond acceptors (Lipinski definition) is 7. The molecule has 0 radical (unpaired) electrons. The first-order chi connectivity index (χ1) is 12.2. The van der Waals surface area contributed by atoms with Gasteiger partial charge >= 0.3 is 0 Å². The molecule has 1 N–H and O–H groups in total. The normalized spacial score (nSPS) is 10.8. The minimum atomic E-state index is 0.519. The summed E-state index contributed by atoms with van der Waals surface area (Å²) >= 11 is 16.9. The van der Waals surface area contributed by atoms with Crippen LogP contribution in [0.4, 0.5) is 5.13 Å². The lowest BCUT2D eigenvalue weighted by atomic mass is 10.3. The number of thiophene rings is 1. The predicted octanol–water partition coefficient (Wildman–Crippen LogP) is 5.73. The average molecular weight is 432 g/mol. The zero-order chi connectivity index (χ0) is 17.5. The summed E-state index contributed by atoms with van der Waals surface area (Å²) < 4.78 is 6.58. The maximum absolute atomic E-state index is 6.07. The van der Waals surface area contributed by atoms with Crippen molar-refractivity contribution in [3.8, 4) is 5.75 Å². The van der Waals surface area contributed by atoms with E-state index >= 15 is 0 Å². The van der Waals surface area contributed by atoms with Crippen molar-refractivity contribution in [1.29, 1.82) is 0 Å². The van der Waals surface area contributed by atoms with Crippen molar-refractivity contribution < 1.29 is 4.74 Å². The van der Waals surface area contributed by atoms with Gasteiger partial charge in [0.15, 0.2) is 4.34 Å². The first kappa shape index (κ1) is 18.8. The van der Waals surface area contributed by atoms with Crippen LogP contribution >= 0.6 is 57.6 Å². The summed E-state index contributed by atoms with van der Waals surface area (Å²) in [6.07, 6.45) is 0.995. The maximum Gasteiger partial charge on any atom is 0.206 e. The van der Waals surface area contributed by atoms with Gasteiger partial charge in [0.25, 0.3) is 0 Å². The molecule has 0 aliphatic carbocycles. The van der Waals surface area contributed by atoms with Gasteiger partial charge in [0.1, 0.15) is 5.75 Å². The van der Waals surface area contributed by atoms with E-state index in [1.54, 1.807) is 52.6 Å². The molecule has 0 unspecified atom stereocenters. The summed E-state index contributed by atoms with van der Waals surface area (Å²) in [5, 5.41) is 15.7. The van der Waals surface area contributed by atoms with Gasteiger partial charge < -0.3 is 10.1 Å². The lowest BCUT2D eigenvalue weighted by molar-refractivity contribution is 0.344. The van der Waals surface area contributed by atoms with Crippen LogP contribution in [0.25, 0.3) is 0 Å². The van der Waals surface area contributed by atoms with Crippen LogP contribution in [0.3, 0.4) is 0 Å². The van der Waals surface area contributed by atoms with E-state index in [0.29, 0.717) is 22.4 Å². The molecule has 0 bridgehead atoms. The van der Waals surface area contributed by atoms with Gasteiger partial charge in [-0.15, -0.1) is 21.5 Å². The van der Waals surface area contributed by atoms with E-state index in [1.165, 1.54) is 4.88 Å². The van der Waals surface area contributed by atoms with Gasteiger partial charge in [-0.25, -0.2) is 0 Å². The van der Waals surface area contributed by atoms with Crippen molar-refractivity contribution in [3.63, 3.8) is 0 Å². The molecule has 3 rings (SSSR count). The van der Waals surface area contributed by atoms with Crippen molar-refractivity contribution in [2.45, 2.75) is 10.8 Å². The summed E-state index contributed by atoms with van der Waals surface area (Å²) in [6.45, 7) is 1.39. The third-order valence-electron chi connectivity index (χ3n) is 3.09. The second kappa shape index (κ2) is 9.64. The molecular formula is C16H15Cl2N3OS3. The molecule has 132 valence electrons. The Hall–Kier alpha value is -0.990. The van der Waals surface area contributed by atoms with E-state index in [-0.39, 0.29) is 0 Å². The largest absolute Gasteiger partial charge is 0.491 e. The number of benzene rings is 1. The Morgan fingerprint density at radius 1 is 1.20 bits per heavy atom. The fourth-order valence-electron chi connectivity index (χ4n) is 1.96. The smallest absolute Gasteiger partial charge is 0.206 e. The molecule has 0 saturated carbocycles. The number of nitrogens with one attached hydrogen (secondary N) is 1. The first-order valence-electron chi connectivity index (χ1n) is 7.51. The third kappa shape index (κ3) is 6.04. The molecule has 0 fully saturated rings. The molecule has 9 heteroatoms. The highest BCUT2D eigenvalue weighted by Crippen LogP contribution is 2.29. The fraction of sp³-hybridized carbons (Fsp3) is 0.250. The summed E-state index contributed by atoms with van der Waals surface area (Å²) in [4.78, 5) is 1.37. The molecule has 0 spiro atoms. The molecule has 4 nitrogen and oxygen atoms in total. The van der Waals surface area contributed by atoms with Crippen LogP contribution < -0.4 is 10.1 Å². The molecule has 2 aromatic heterocycles. The molecule has 1 aromatic carbocycles. The molecule has 0 amide bonds. The zero-order valence-electron chi connectivity index (χ0n) is 13.1. The molecule has 0 atom stereocenters. The number of aromatic nitrogens is 2. The lowest BCUT2D eigenvalue weighted by Gasteiger charge is -2.07. The summed E-state index contributed by atoms with van der Waals surface area (Å²) in [5.41, 5.74) is 0. The maximum atomic E-state index is 6.07. The van der Waals surface area contributed by atoms with Crippen LogP contribution in [-0.4, -0.2) is 29.1 Å². The highest BCUT2D eigenvalue weighted by Gasteiger charge is 2.06. The Kier molecular flexibility index (Phi) is 7.24. The van der Waals surface area contributed by atoms with Crippen LogP contribution in [-0.2, 0) is 6.42 Å². The van der Waals surface area contributed by atoms with Crippen molar-refractivity contribution in [1.82, 2.24) is 10.2 Å². The Labute approximate surface area is 168 Å². The van der Waals surface area contributed by atoms with Crippen molar-refractivity contribution in [2.75, 3.05) is 24.2 Å². The van der Waals surface area contributed by atoms with E-state index in [1.807, 2.05) is 0 Å². The zero-order valence-corrected chi connectivity index (χ0v) is 17.0. The minimum absolute atomic E-state index is 0.519. The Morgan fingerprint density at radius 3 is 2.92 bits per heavy atom. The van der Waals surface area contributed by atoms with Crippen LogP contribution in [0.2, 0.25) is 10.0 Å². The van der Waals surface area contributed by atoms with Gasteiger partial charge in [-0.05, 0) is 36.1 Å². The van der Waals surface area contributed by atoms with Crippen LogP contribution in [0.1, 0.15) is 4.88 Å². The van der Waals surface area contributed by atoms with Crippen molar-refractivity contribution >= 4 is 62.8 Å². The average Bonchev–Trinajstić information content (AvgIpc) is 3.25. The Morgan fingerprint density at radius 2 is 2.12 bits per heavy atom. The minimum Gasteiger partial charge on any atom is -0.491 e. The monoisotopic (exact) mass is 431 g/mol. The highest BCUT2D eigenvalue weighted by molar-refractivity contribution is 8.01. The van der Waals surface area contributed by atoms with Gasteiger partial charge in [0.2, 0.25) is 5.13 Å². The number of nitrogens with zero attached hydrogens (tertiary/aromatic N) is 2. The second-order valence-electron chi connectivity index (χ2n) is 4.90. The van der Waals surface area contributed by atoms with E-state index in [0.717, 1.165) is 28.2 Å². The number of ether oxygens (including phenoxy) is 1. The summed E-state index contributed by atoms with van der Waals surface area (Å²) in [7, 11) is 0. The fourth-order valence-corrected chi connectivity index (χ4v) is 4.80. The van der Waals surface area contributed by atoms with Crippen LogP contribution in [0.5, 0.6) is 5.75 Å². The van der Waals surface area contributed by atoms with E-state index < -0.39 is 0 Å². The quantitative estimate of drug-likeness (QED) is 0.346. The SMILES string of the molecule is Clc1ccc(OCCSc2nnc(NCCc3cccs3)s2)c(Cl)c1. The number of halogens is 2. The third-order valence-corrected chi connectivity index (χ3v) is 6.54. The Bertz CT molecular complexity index is 796. The van der Waals surface area contributed by atoms with Crippen molar-refractivity contribution in [3.05, 3.63) is 50.6 Å². The van der Waals surface area contributed by atoms with Crippen molar-refractivity contribution in [2.24, 2.45) is 0 Å². The highest BCUT2D eigenvalue weighted by atomic mass is 35.5. The van der Waals surface area contributed by atoms with Gasteiger partial charge in [0.05, 0.1) is 11.6 Å². The van der Waals surface area contributed by atoms with E-state index in [4.69, 9.17) is 27.9 Å². The van der Waals surface area contributed by atoms with Crippen LogP contribution in [0, 0.1) is 0 Å². The molecule has 0 aliphatic rings. The molecule has 0 aliphatic heterocycles. The summed E-state index contributed by atoms with van der Waals surface area (Å²) in [6, 6.07) is 9.41. The Balaban J connectivity index is 1.36. The van der Waals surface area contributed by atoms with Crippen LogP contribution in [0.15, 0.2) is 40.1 Å². The van der Waals surface area contributed by atoms with Gasteiger partial charge in [-0.2, -0.15) is 0 Å². The first-order valence-corrected chi connectivity index (χ1v) is 10.9. The van der Waals surface area contributed by atoms with E-state index in [2.05, 4.69) is 33.0 Å². The lowest BCUT2D eigenvalue weighted by Crippen LogP contribution is -2.03. The molecule has 3 aromatic rings. The molecular weight excluding hydrogens is 417 g/mol. The summed E-state index contributed by atoms with van der Waals surface area (Å²) in [5.74, 6) is 1.41. The van der Waals surface area contributed by atoms with Gasteiger partial charge in [-0.3, -0.25) is 0 Å². The number of thioether (sulfide) groups is 1. The number of anilines is 1.